The molecule has 0 aliphatic carbocycles. The van der Waals surface area contributed by atoms with E-state index < -0.39 is 0 Å². The molecular weight excluding hydrogens is 324 g/mol. The average molecular weight is 346 g/mol. The lowest BCUT2D eigenvalue weighted by molar-refractivity contribution is 0.398. The van der Waals surface area contributed by atoms with Crippen LogP contribution in [0.5, 0.6) is 5.88 Å². The van der Waals surface area contributed by atoms with E-state index in [1.54, 1.807) is 13.3 Å². The molecule has 0 atom stereocenters. The number of nitrogens with zero attached hydrogens (tertiary/aromatic N) is 4. The van der Waals surface area contributed by atoms with E-state index in [-0.39, 0.29) is 0 Å². The van der Waals surface area contributed by atoms with E-state index in [0.717, 1.165) is 43.1 Å². The topological polar surface area (TPSA) is 41.5 Å². The third-order valence-corrected chi connectivity index (χ3v) is 4.75. The zero-order chi connectivity index (χ0) is 17.8. The van der Waals surface area contributed by atoms with Crippen LogP contribution < -0.4 is 14.5 Å². The summed E-state index contributed by atoms with van der Waals surface area (Å²) in [7, 11) is 1.65. The summed E-state index contributed by atoms with van der Waals surface area (Å²) in [5.41, 5.74) is 4.56. The first kappa shape index (κ1) is 16.4. The molecule has 26 heavy (non-hydrogen) atoms. The lowest BCUT2D eigenvalue weighted by Gasteiger charge is -2.38. The predicted molar refractivity (Wildman–Crippen MR) is 105 cm³/mol. The first-order valence-electron chi connectivity index (χ1n) is 8.85. The highest BCUT2D eigenvalue weighted by Crippen LogP contribution is 2.30. The molecule has 132 valence electrons. The van der Waals surface area contributed by atoms with Gasteiger partial charge in [0.1, 0.15) is 0 Å². The van der Waals surface area contributed by atoms with Crippen LogP contribution in [0.2, 0.25) is 0 Å². The molecule has 0 N–H and O–H groups in total. The Balaban J connectivity index is 1.52. The largest absolute Gasteiger partial charge is 0.481 e. The van der Waals surface area contributed by atoms with Gasteiger partial charge in [0.05, 0.1) is 18.5 Å². The third kappa shape index (κ3) is 3.33. The van der Waals surface area contributed by atoms with Gasteiger partial charge < -0.3 is 14.5 Å². The molecule has 3 aromatic rings. The maximum atomic E-state index is 5.24. The summed E-state index contributed by atoms with van der Waals surface area (Å²) in [6, 6.07) is 18.6. The van der Waals surface area contributed by atoms with E-state index in [9.17, 15) is 0 Å². The van der Waals surface area contributed by atoms with E-state index in [1.165, 1.54) is 5.69 Å². The summed E-state index contributed by atoms with van der Waals surface area (Å²) < 4.78 is 5.24. The lowest BCUT2D eigenvalue weighted by atomic mass is 10.1. The van der Waals surface area contributed by atoms with E-state index in [0.29, 0.717) is 5.88 Å². The molecule has 0 unspecified atom stereocenters. The summed E-state index contributed by atoms with van der Waals surface area (Å²) in [6.07, 6.45) is 3.67. The third-order valence-electron chi connectivity index (χ3n) is 4.75. The Morgan fingerprint density at radius 2 is 1.58 bits per heavy atom. The lowest BCUT2D eigenvalue weighted by Crippen LogP contribution is -2.46. The van der Waals surface area contributed by atoms with Crippen molar-refractivity contribution in [2.24, 2.45) is 0 Å². The zero-order valence-corrected chi connectivity index (χ0v) is 14.9. The Bertz CT molecular complexity index is 861. The highest BCUT2D eigenvalue weighted by molar-refractivity contribution is 5.75. The Morgan fingerprint density at radius 3 is 2.35 bits per heavy atom. The van der Waals surface area contributed by atoms with Gasteiger partial charge in [-0.3, -0.25) is 4.98 Å². The Hall–Kier alpha value is -3.08. The van der Waals surface area contributed by atoms with Gasteiger partial charge in [0.15, 0.2) is 0 Å². The highest BCUT2D eigenvalue weighted by Gasteiger charge is 2.20. The summed E-state index contributed by atoms with van der Waals surface area (Å²) >= 11 is 0. The molecule has 1 saturated heterocycles. The number of rotatable bonds is 4. The van der Waals surface area contributed by atoms with Crippen molar-refractivity contribution in [1.82, 2.24) is 9.97 Å². The SMILES string of the molecule is COc1cc(N2CCN(c3cccnc3-c3ccccc3)CC2)ccn1. The number of hydrogen-bond donors (Lipinski definition) is 0. The second-order valence-electron chi connectivity index (χ2n) is 6.27. The normalized spacial score (nSPS) is 14.3. The van der Waals surface area contributed by atoms with Crippen LogP contribution in [0.1, 0.15) is 0 Å². The van der Waals surface area contributed by atoms with Crippen LogP contribution in [0, 0.1) is 0 Å². The molecule has 1 aliphatic rings. The minimum atomic E-state index is 0.656. The molecule has 1 fully saturated rings. The van der Waals surface area contributed by atoms with Gasteiger partial charge in [0.2, 0.25) is 5.88 Å². The molecule has 5 nitrogen and oxygen atoms in total. The van der Waals surface area contributed by atoms with Crippen molar-refractivity contribution in [3.05, 3.63) is 67.0 Å². The van der Waals surface area contributed by atoms with Gasteiger partial charge in [0, 0.05) is 55.9 Å². The molecule has 2 aromatic heterocycles. The van der Waals surface area contributed by atoms with Gasteiger partial charge >= 0.3 is 0 Å². The second-order valence-corrected chi connectivity index (χ2v) is 6.27. The van der Waals surface area contributed by atoms with Gasteiger partial charge in [-0.15, -0.1) is 0 Å². The van der Waals surface area contributed by atoms with E-state index in [2.05, 4.69) is 50.1 Å². The number of hydrogen-bond acceptors (Lipinski definition) is 5. The van der Waals surface area contributed by atoms with E-state index in [4.69, 9.17) is 4.74 Å². The quantitative estimate of drug-likeness (QED) is 0.723. The number of ether oxygens (including phenoxy) is 1. The molecule has 0 saturated carbocycles. The van der Waals surface area contributed by atoms with Gasteiger partial charge in [-0.05, 0) is 18.2 Å². The average Bonchev–Trinajstić information content (AvgIpc) is 2.74. The Morgan fingerprint density at radius 1 is 0.808 bits per heavy atom. The van der Waals surface area contributed by atoms with Crippen molar-refractivity contribution in [3.63, 3.8) is 0 Å². The Labute approximate surface area is 153 Å². The fourth-order valence-corrected chi connectivity index (χ4v) is 3.38. The summed E-state index contributed by atoms with van der Waals surface area (Å²) in [5, 5.41) is 0. The van der Waals surface area contributed by atoms with Crippen molar-refractivity contribution < 1.29 is 4.74 Å². The number of piperazine rings is 1. The number of benzene rings is 1. The summed E-state index contributed by atoms with van der Waals surface area (Å²) in [4.78, 5) is 13.6. The summed E-state index contributed by atoms with van der Waals surface area (Å²) in [6.45, 7) is 3.82. The van der Waals surface area contributed by atoms with Crippen molar-refractivity contribution in [2.45, 2.75) is 0 Å². The first-order chi connectivity index (χ1) is 12.8. The first-order valence-corrected chi connectivity index (χ1v) is 8.85. The fourth-order valence-electron chi connectivity index (χ4n) is 3.38. The molecule has 4 rings (SSSR count). The van der Waals surface area contributed by atoms with Gasteiger partial charge in [-0.25, -0.2) is 4.98 Å². The minimum absolute atomic E-state index is 0.656. The molecule has 0 amide bonds. The molecular formula is C21H22N4O. The Kier molecular flexibility index (Phi) is 4.69. The van der Waals surface area contributed by atoms with Crippen LogP contribution in [0.25, 0.3) is 11.3 Å². The standard InChI is InChI=1S/C21H22N4O/c1-26-20-16-18(9-11-22-20)24-12-14-25(15-13-24)19-8-5-10-23-21(19)17-6-3-2-4-7-17/h2-11,16H,12-15H2,1H3. The van der Waals surface area contributed by atoms with Gasteiger partial charge in [-0.1, -0.05) is 30.3 Å². The zero-order valence-electron chi connectivity index (χ0n) is 14.9. The number of anilines is 2. The van der Waals surface area contributed by atoms with E-state index in [1.807, 2.05) is 30.5 Å². The highest BCUT2D eigenvalue weighted by atomic mass is 16.5. The molecule has 3 heterocycles. The smallest absolute Gasteiger partial charge is 0.214 e. The van der Waals surface area contributed by atoms with E-state index >= 15 is 0 Å². The van der Waals surface area contributed by atoms with Crippen LogP contribution in [0.4, 0.5) is 11.4 Å². The molecule has 5 heteroatoms. The molecule has 0 spiro atoms. The maximum Gasteiger partial charge on any atom is 0.214 e. The fraction of sp³-hybridized carbons (Fsp3) is 0.238. The maximum absolute atomic E-state index is 5.24. The molecule has 1 aliphatic heterocycles. The minimum Gasteiger partial charge on any atom is -0.481 e. The van der Waals surface area contributed by atoms with Crippen LogP contribution in [-0.2, 0) is 0 Å². The van der Waals surface area contributed by atoms with Crippen molar-refractivity contribution >= 4 is 11.4 Å². The van der Waals surface area contributed by atoms with Crippen molar-refractivity contribution in [3.8, 4) is 17.1 Å². The van der Waals surface area contributed by atoms with Crippen LogP contribution >= 0.6 is 0 Å². The molecule has 0 bridgehead atoms. The van der Waals surface area contributed by atoms with Crippen molar-refractivity contribution in [2.75, 3.05) is 43.1 Å². The number of pyridine rings is 2. The van der Waals surface area contributed by atoms with Crippen LogP contribution in [0.3, 0.4) is 0 Å². The van der Waals surface area contributed by atoms with Gasteiger partial charge in [-0.2, -0.15) is 0 Å². The van der Waals surface area contributed by atoms with Crippen molar-refractivity contribution in [1.29, 1.82) is 0 Å². The number of aromatic nitrogens is 2. The predicted octanol–water partition coefficient (Wildman–Crippen LogP) is 3.48. The van der Waals surface area contributed by atoms with Crippen LogP contribution in [0.15, 0.2) is 67.0 Å². The monoisotopic (exact) mass is 346 g/mol. The second kappa shape index (κ2) is 7.44. The molecule has 0 radical (unpaired) electrons. The van der Waals surface area contributed by atoms with Gasteiger partial charge in [0.25, 0.3) is 0 Å². The van der Waals surface area contributed by atoms with Crippen LogP contribution in [-0.4, -0.2) is 43.3 Å². The summed E-state index contributed by atoms with van der Waals surface area (Å²) in [5.74, 6) is 0.656. The molecule has 1 aromatic carbocycles. The number of methoxy groups -OCH3 is 1.